The Bertz CT molecular complexity index is 686. The Labute approximate surface area is 124 Å². The van der Waals surface area contributed by atoms with Gasteiger partial charge in [0.05, 0.1) is 5.56 Å². The molecule has 0 fully saturated rings. The number of alkyl halides is 3. The minimum Gasteiger partial charge on any atom is -0.427 e. The minimum absolute atomic E-state index is 0.147. The molecule has 0 saturated heterocycles. The van der Waals surface area contributed by atoms with Gasteiger partial charge in [0.2, 0.25) is 0 Å². The summed E-state index contributed by atoms with van der Waals surface area (Å²) in [5.74, 6) is -0.610. The van der Waals surface area contributed by atoms with E-state index in [1.165, 1.54) is 31.2 Å². The van der Waals surface area contributed by atoms with Gasteiger partial charge in [0, 0.05) is 18.1 Å². The predicted octanol–water partition coefficient (Wildman–Crippen LogP) is 3.86. The van der Waals surface area contributed by atoms with Gasteiger partial charge in [0.15, 0.2) is 5.78 Å². The van der Waals surface area contributed by atoms with E-state index < -0.39 is 23.5 Å². The van der Waals surface area contributed by atoms with E-state index >= 15 is 0 Å². The van der Waals surface area contributed by atoms with Crippen molar-refractivity contribution < 1.29 is 27.5 Å². The Balaban J connectivity index is 2.19. The molecular weight excluding hydrogens is 297 g/mol. The van der Waals surface area contributed by atoms with Gasteiger partial charge in [0.25, 0.3) is 0 Å². The largest absolute Gasteiger partial charge is 0.427 e. The van der Waals surface area contributed by atoms with Crippen LogP contribution in [0.4, 0.5) is 13.2 Å². The van der Waals surface area contributed by atoms with Crippen molar-refractivity contribution in [3.05, 3.63) is 65.2 Å². The fourth-order valence-corrected chi connectivity index (χ4v) is 1.82. The van der Waals surface area contributed by atoms with Gasteiger partial charge in [-0.2, -0.15) is 13.2 Å². The molecule has 2 aromatic rings. The van der Waals surface area contributed by atoms with Gasteiger partial charge < -0.3 is 4.74 Å². The standard InChI is InChI=1S/C16H11F3O3/c1-10(20)22-14-8-4-12(5-9-14)15(21)11-2-6-13(7-3-11)16(17,18)19/h2-9H,1H3. The van der Waals surface area contributed by atoms with Crippen molar-refractivity contribution in [3.8, 4) is 5.75 Å². The van der Waals surface area contributed by atoms with Crippen LogP contribution in [0.1, 0.15) is 28.4 Å². The molecule has 0 aliphatic heterocycles. The molecule has 0 atom stereocenters. The third-order valence-corrected chi connectivity index (χ3v) is 2.85. The molecule has 3 nitrogen and oxygen atoms in total. The first-order valence-electron chi connectivity index (χ1n) is 6.28. The zero-order valence-electron chi connectivity index (χ0n) is 11.5. The fourth-order valence-electron chi connectivity index (χ4n) is 1.82. The number of ether oxygens (including phenoxy) is 1. The quantitative estimate of drug-likeness (QED) is 0.491. The normalized spacial score (nSPS) is 11.1. The number of benzene rings is 2. The van der Waals surface area contributed by atoms with Crippen LogP contribution in [0.15, 0.2) is 48.5 Å². The molecular formula is C16H11F3O3. The van der Waals surface area contributed by atoms with Crippen molar-refractivity contribution in [2.75, 3.05) is 0 Å². The van der Waals surface area contributed by atoms with E-state index in [1.807, 2.05) is 0 Å². The number of halogens is 3. The van der Waals surface area contributed by atoms with Gasteiger partial charge in [-0.15, -0.1) is 0 Å². The van der Waals surface area contributed by atoms with Gasteiger partial charge >= 0.3 is 12.1 Å². The third-order valence-electron chi connectivity index (χ3n) is 2.85. The summed E-state index contributed by atoms with van der Waals surface area (Å²) in [6.45, 7) is 1.25. The lowest BCUT2D eigenvalue weighted by molar-refractivity contribution is -0.137. The van der Waals surface area contributed by atoms with Crippen LogP contribution in [0.5, 0.6) is 5.75 Å². The molecule has 0 saturated carbocycles. The van der Waals surface area contributed by atoms with E-state index in [2.05, 4.69) is 0 Å². The van der Waals surface area contributed by atoms with Crippen LogP contribution in [0.2, 0.25) is 0 Å². The van der Waals surface area contributed by atoms with E-state index in [1.54, 1.807) is 0 Å². The monoisotopic (exact) mass is 308 g/mol. The second-order valence-electron chi connectivity index (χ2n) is 4.52. The molecule has 6 heteroatoms. The molecule has 0 aliphatic rings. The molecule has 0 spiro atoms. The summed E-state index contributed by atoms with van der Waals surface area (Å²) in [6.07, 6.45) is -4.44. The van der Waals surface area contributed by atoms with E-state index in [9.17, 15) is 22.8 Å². The first-order chi connectivity index (χ1) is 10.3. The smallest absolute Gasteiger partial charge is 0.416 e. The average Bonchev–Trinajstić information content (AvgIpc) is 2.46. The predicted molar refractivity (Wildman–Crippen MR) is 72.6 cm³/mol. The van der Waals surface area contributed by atoms with Crippen LogP contribution in [-0.2, 0) is 11.0 Å². The van der Waals surface area contributed by atoms with Crippen LogP contribution in [0.25, 0.3) is 0 Å². The Hall–Kier alpha value is -2.63. The van der Waals surface area contributed by atoms with E-state index in [4.69, 9.17) is 4.74 Å². The van der Waals surface area contributed by atoms with E-state index in [-0.39, 0.29) is 16.9 Å². The number of carbonyl (C=O) groups excluding carboxylic acids is 2. The summed E-state index contributed by atoms with van der Waals surface area (Å²) in [6, 6.07) is 9.76. The zero-order valence-corrected chi connectivity index (χ0v) is 11.5. The van der Waals surface area contributed by atoms with Gasteiger partial charge in [0.1, 0.15) is 5.75 Å². The molecule has 0 aliphatic carbocycles. The molecule has 0 N–H and O–H groups in total. The van der Waals surface area contributed by atoms with E-state index in [0.29, 0.717) is 0 Å². The summed E-state index contributed by atoms with van der Waals surface area (Å²) in [5, 5.41) is 0. The van der Waals surface area contributed by atoms with Crippen molar-refractivity contribution in [2.45, 2.75) is 13.1 Å². The molecule has 0 amide bonds. The molecule has 0 radical (unpaired) electrons. The highest BCUT2D eigenvalue weighted by Gasteiger charge is 2.30. The molecule has 114 valence electrons. The highest BCUT2D eigenvalue weighted by Crippen LogP contribution is 2.29. The van der Waals surface area contributed by atoms with Crippen LogP contribution in [0, 0.1) is 0 Å². The van der Waals surface area contributed by atoms with Gasteiger partial charge in [-0.3, -0.25) is 9.59 Å². The van der Waals surface area contributed by atoms with Crippen LogP contribution >= 0.6 is 0 Å². The summed E-state index contributed by atoms with van der Waals surface area (Å²) in [5.41, 5.74) is -0.377. The van der Waals surface area contributed by atoms with Gasteiger partial charge in [-0.25, -0.2) is 0 Å². The van der Waals surface area contributed by atoms with Crippen LogP contribution in [0.3, 0.4) is 0 Å². The molecule has 0 heterocycles. The van der Waals surface area contributed by atoms with E-state index in [0.717, 1.165) is 24.3 Å². The Morgan fingerprint density at radius 3 is 1.73 bits per heavy atom. The van der Waals surface area contributed by atoms with Crippen molar-refractivity contribution in [1.29, 1.82) is 0 Å². The summed E-state index contributed by atoms with van der Waals surface area (Å²) < 4.78 is 42.2. The second kappa shape index (κ2) is 6.01. The maximum absolute atomic E-state index is 12.5. The van der Waals surface area contributed by atoms with Crippen molar-refractivity contribution in [1.82, 2.24) is 0 Å². The highest BCUT2D eigenvalue weighted by atomic mass is 19.4. The van der Waals surface area contributed by atoms with Crippen LogP contribution < -0.4 is 4.74 Å². The third kappa shape index (κ3) is 3.72. The maximum Gasteiger partial charge on any atom is 0.416 e. The van der Waals surface area contributed by atoms with Gasteiger partial charge in [-0.1, -0.05) is 12.1 Å². The second-order valence-corrected chi connectivity index (χ2v) is 4.52. The summed E-state index contributed by atoms with van der Waals surface area (Å²) in [4.78, 5) is 22.9. The first-order valence-corrected chi connectivity index (χ1v) is 6.28. The number of rotatable bonds is 3. The lowest BCUT2D eigenvalue weighted by Gasteiger charge is -2.07. The maximum atomic E-state index is 12.5. The lowest BCUT2D eigenvalue weighted by Crippen LogP contribution is -2.07. The van der Waals surface area contributed by atoms with Crippen molar-refractivity contribution >= 4 is 11.8 Å². The molecule has 0 aromatic heterocycles. The minimum atomic E-state index is -4.44. The Morgan fingerprint density at radius 2 is 1.32 bits per heavy atom. The number of esters is 1. The lowest BCUT2D eigenvalue weighted by atomic mass is 10.0. The fraction of sp³-hybridized carbons (Fsp3) is 0.125. The number of hydrogen-bond donors (Lipinski definition) is 0. The zero-order chi connectivity index (χ0) is 16.3. The summed E-state index contributed by atoms with van der Waals surface area (Å²) in [7, 11) is 0. The number of hydrogen-bond acceptors (Lipinski definition) is 3. The molecule has 2 aromatic carbocycles. The Morgan fingerprint density at radius 1 is 0.864 bits per heavy atom. The Kier molecular flexibility index (Phi) is 4.30. The molecule has 0 unspecified atom stereocenters. The SMILES string of the molecule is CC(=O)Oc1ccc(C(=O)c2ccc(C(F)(F)F)cc2)cc1. The van der Waals surface area contributed by atoms with Gasteiger partial charge in [-0.05, 0) is 36.4 Å². The molecule has 0 bridgehead atoms. The molecule has 22 heavy (non-hydrogen) atoms. The van der Waals surface area contributed by atoms with Crippen LogP contribution in [-0.4, -0.2) is 11.8 Å². The number of carbonyl (C=O) groups is 2. The molecule has 2 rings (SSSR count). The first kappa shape index (κ1) is 15.8. The number of ketones is 1. The topological polar surface area (TPSA) is 43.4 Å². The highest BCUT2D eigenvalue weighted by molar-refractivity contribution is 6.09. The summed E-state index contributed by atoms with van der Waals surface area (Å²) >= 11 is 0. The van der Waals surface area contributed by atoms with Crippen molar-refractivity contribution in [2.24, 2.45) is 0 Å². The van der Waals surface area contributed by atoms with Crippen molar-refractivity contribution in [3.63, 3.8) is 0 Å². The average molecular weight is 308 g/mol.